The minimum absolute atomic E-state index is 0.464. The minimum atomic E-state index is 0.464. The predicted molar refractivity (Wildman–Crippen MR) is 89.1 cm³/mol. The van der Waals surface area contributed by atoms with Crippen molar-refractivity contribution in [3.05, 3.63) is 0 Å². The van der Waals surface area contributed by atoms with Gasteiger partial charge in [0.15, 0.2) is 0 Å². The number of rotatable bonds is 13. The van der Waals surface area contributed by atoms with Crippen LogP contribution < -0.4 is 10.6 Å². The Morgan fingerprint density at radius 3 is 2.17 bits per heavy atom. The van der Waals surface area contributed by atoms with Crippen LogP contribution in [0.4, 0.5) is 0 Å². The lowest BCUT2D eigenvalue weighted by Crippen LogP contribution is -2.25. The summed E-state index contributed by atoms with van der Waals surface area (Å²) in [7, 11) is 0. The van der Waals surface area contributed by atoms with Gasteiger partial charge in [0.05, 0.1) is 30.5 Å². The summed E-state index contributed by atoms with van der Waals surface area (Å²) >= 11 is 6.65. The summed E-state index contributed by atoms with van der Waals surface area (Å²) in [5.74, 6) is 0. The van der Waals surface area contributed by atoms with E-state index in [0.717, 1.165) is 39.3 Å². The second-order valence-electron chi connectivity index (χ2n) is 4.18. The maximum Gasteiger partial charge on any atom is 0.0701 e. The van der Waals surface area contributed by atoms with E-state index in [4.69, 9.17) is 9.47 Å². The first kappa shape index (κ1) is 18.9. The first-order valence-corrected chi connectivity index (χ1v) is 8.31. The molecule has 2 N–H and O–H groups in total. The van der Waals surface area contributed by atoms with Crippen molar-refractivity contribution in [2.45, 2.75) is 29.6 Å². The zero-order valence-electron chi connectivity index (χ0n) is 11.5. The summed E-state index contributed by atoms with van der Waals surface area (Å²) in [5.41, 5.74) is 0. The highest BCUT2D eigenvalue weighted by molar-refractivity contribution is 14.1. The quantitative estimate of drug-likeness (QED) is 0.147. The fourth-order valence-corrected chi connectivity index (χ4v) is 1.67. The molecule has 0 spiro atoms. The topological polar surface area (TPSA) is 42.5 Å². The van der Waals surface area contributed by atoms with Gasteiger partial charge in [0, 0.05) is 18.3 Å². The monoisotopic (exact) mass is 390 g/mol. The van der Waals surface area contributed by atoms with E-state index in [9.17, 15) is 0 Å². The fourth-order valence-electron chi connectivity index (χ4n) is 1.23. The number of alkyl halides is 1. The average Bonchev–Trinajstić information content (AvgIpc) is 2.29. The maximum atomic E-state index is 5.44. The van der Waals surface area contributed by atoms with Gasteiger partial charge in [-0.25, -0.2) is 0 Å². The second-order valence-corrected chi connectivity index (χ2v) is 6.93. The Labute approximate surface area is 130 Å². The van der Waals surface area contributed by atoms with Crippen LogP contribution in [-0.4, -0.2) is 55.4 Å². The van der Waals surface area contributed by atoms with Gasteiger partial charge in [0.1, 0.15) is 0 Å². The van der Waals surface area contributed by atoms with Gasteiger partial charge in [0.25, 0.3) is 0 Å². The average molecular weight is 390 g/mol. The van der Waals surface area contributed by atoms with Crippen LogP contribution in [0.2, 0.25) is 0 Å². The highest BCUT2D eigenvalue weighted by Crippen LogP contribution is 1.96. The third-order valence-electron chi connectivity index (χ3n) is 2.21. The molecule has 2 atom stereocenters. The molecule has 0 radical (unpaired) electrons. The van der Waals surface area contributed by atoms with Crippen molar-refractivity contribution in [1.82, 2.24) is 10.6 Å². The number of thiol groups is 1. The third-order valence-corrected chi connectivity index (χ3v) is 2.90. The standard InChI is InChI=1S/C12H27IN2O2S/c1-11(18)3-4-14-5-7-16-9-10-17-8-6-15-12(2)13/h11-12,14-15,18H,3-10H2,1-2H3. The van der Waals surface area contributed by atoms with Gasteiger partial charge in [-0.1, -0.05) is 29.5 Å². The third kappa shape index (κ3) is 16.9. The van der Waals surface area contributed by atoms with Crippen LogP contribution in [0, 0.1) is 0 Å². The SMILES string of the molecule is CC(S)CCNCCOCCOCCNC(C)I. The molecule has 6 heteroatoms. The fraction of sp³-hybridized carbons (Fsp3) is 1.00. The van der Waals surface area contributed by atoms with E-state index in [1.807, 2.05) is 0 Å². The van der Waals surface area contributed by atoms with Crippen molar-refractivity contribution in [1.29, 1.82) is 0 Å². The zero-order valence-corrected chi connectivity index (χ0v) is 14.5. The molecule has 0 bridgehead atoms. The molecule has 0 amide bonds. The van der Waals surface area contributed by atoms with Crippen molar-refractivity contribution in [3.63, 3.8) is 0 Å². The van der Waals surface area contributed by atoms with Gasteiger partial charge in [-0.15, -0.1) is 0 Å². The van der Waals surface area contributed by atoms with E-state index in [1.54, 1.807) is 0 Å². The lowest BCUT2D eigenvalue weighted by molar-refractivity contribution is 0.0500. The van der Waals surface area contributed by atoms with Crippen molar-refractivity contribution in [3.8, 4) is 0 Å². The van der Waals surface area contributed by atoms with E-state index < -0.39 is 0 Å². The lowest BCUT2D eigenvalue weighted by Gasteiger charge is -2.09. The molecule has 0 aromatic rings. The maximum absolute atomic E-state index is 5.44. The minimum Gasteiger partial charge on any atom is -0.378 e. The van der Waals surface area contributed by atoms with Gasteiger partial charge >= 0.3 is 0 Å². The van der Waals surface area contributed by atoms with Crippen LogP contribution in [0.15, 0.2) is 0 Å². The molecule has 4 nitrogen and oxygen atoms in total. The van der Waals surface area contributed by atoms with Crippen molar-refractivity contribution >= 4 is 35.2 Å². The molecule has 0 aliphatic heterocycles. The largest absolute Gasteiger partial charge is 0.378 e. The molecule has 0 fully saturated rings. The van der Waals surface area contributed by atoms with E-state index >= 15 is 0 Å². The van der Waals surface area contributed by atoms with E-state index in [1.165, 1.54) is 0 Å². The highest BCUT2D eigenvalue weighted by atomic mass is 127. The summed E-state index contributed by atoms with van der Waals surface area (Å²) in [4.78, 5) is 0. The Morgan fingerprint density at radius 2 is 1.61 bits per heavy atom. The van der Waals surface area contributed by atoms with Crippen LogP contribution in [0.3, 0.4) is 0 Å². The number of hydrogen-bond acceptors (Lipinski definition) is 5. The van der Waals surface area contributed by atoms with E-state index in [2.05, 4.69) is 59.7 Å². The van der Waals surface area contributed by atoms with Crippen molar-refractivity contribution in [2.24, 2.45) is 0 Å². The molecule has 0 saturated heterocycles. The first-order valence-electron chi connectivity index (χ1n) is 6.54. The van der Waals surface area contributed by atoms with Gasteiger partial charge in [-0.3, -0.25) is 0 Å². The molecule has 0 aliphatic carbocycles. The molecule has 2 unspecified atom stereocenters. The summed E-state index contributed by atoms with van der Waals surface area (Å²) < 4.78 is 11.4. The second kappa shape index (κ2) is 14.3. The Kier molecular flexibility index (Phi) is 15.1. The summed E-state index contributed by atoms with van der Waals surface area (Å²) in [6, 6.07) is 0. The molecule has 0 aromatic heterocycles. The Balaban J connectivity index is 2.95. The Bertz CT molecular complexity index is 156. The molecule has 0 heterocycles. The van der Waals surface area contributed by atoms with E-state index in [0.29, 0.717) is 22.5 Å². The highest BCUT2D eigenvalue weighted by Gasteiger charge is 1.95. The summed E-state index contributed by atoms with van der Waals surface area (Å²) in [6.45, 7) is 9.85. The summed E-state index contributed by atoms with van der Waals surface area (Å²) in [6.07, 6.45) is 1.09. The van der Waals surface area contributed by atoms with Crippen LogP contribution in [0.25, 0.3) is 0 Å². The van der Waals surface area contributed by atoms with Gasteiger partial charge < -0.3 is 20.1 Å². The molecule has 0 rings (SSSR count). The van der Waals surface area contributed by atoms with Gasteiger partial charge in [-0.05, 0) is 19.9 Å². The van der Waals surface area contributed by atoms with Crippen molar-refractivity contribution in [2.75, 3.05) is 46.1 Å². The lowest BCUT2D eigenvalue weighted by atomic mass is 10.3. The predicted octanol–water partition coefficient (Wildman–Crippen LogP) is 1.69. The smallest absolute Gasteiger partial charge is 0.0701 e. The van der Waals surface area contributed by atoms with Crippen LogP contribution in [0.5, 0.6) is 0 Å². The summed E-state index contributed by atoms with van der Waals surface area (Å²) in [5, 5.41) is 7.06. The Morgan fingerprint density at radius 1 is 1.00 bits per heavy atom. The van der Waals surface area contributed by atoms with Crippen molar-refractivity contribution < 1.29 is 9.47 Å². The van der Waals surface area contributed by atoms with Crippen LogP contribution >= 0.6 is 35.2 Å². The zero-order chi connectivity index (χ0) is 13.6. The molecule has 0 saturated carbocycles. The van der Waals surface area contributed by atoms with Crippen LogP contribution in [0.1, 0.15) is 20.3 Å². The molecular formula is C12H27IN2O2S. The number of hydrogen-bond donors (Lipinski definition) is 3. The molecule has 18 heavy (non-hydrogen) atoms. The molecular weight excluding hydrogens is 363 g/mol. The number of nitrogens with one attached hydrogen (secondary N) is 2. The van der Waals surface area contributed by atoms with Crippen LogP contribution in [-0.2, 0) is 9.47 Å². The molecule has 0 aromatic carbocycles. The molecule has 0 aliphatic rings. The Hall–Kier alpha value is 0.920. The van der Waals surface area contributed by atoms with E-state index in [-0.39, 0.29) is 0 Å². The number of halogens is 1. The molecule has 110 valence electrons. The van der Waals surface area contributed by atoms with Gasteiger partial charge in [0.2, 0.25) is 0 Å². The normalized spacial score (nSPS) is 14.7. The van der Waals surface area contributed by atoms with Gasteiger partial charge in [-0.2, -0.15) is 12.6 Å². The number of ether oxygens (including phenoxy) is 2. The first-order chi connectivity index (χ1) is 8.63.